The minimum absolute atomic E-state index is 0.201. The molecule has 3 aromatic rings. The van der Waals surface area contributed by atoms with E-state index in [4.69, 9.17) is 14.2 Å². The van der Waals surface area contributed by atoms with E-state index in [-0.39, 0.29) is 5.91 Å². The maximum absolute atomic E-state index is 13.2. The molecule has 8 heteroatoms. The highest BCUT2D eigenvalue weighted by Gasteiger charge is 2.27. The fraction of sp³-hybridized carbons (Fsp3) is 0.167. The predicted molar refractivity (Wildman–Crippen MR) is 122 cm³/mol. The third-order valence-corrected chi connectivity index (χ3v) is 5.06. The van der Waals surface area contributed by atoms with E-state index in [2.05, 4.69) is 10.6 Å². The lowest BCUT2D eigenvalue weighted by Gasteiger charge is -2.20. The third kappa shape index (κ3) is 4.02. The Morgan fingerprint density at radius 2 is 1.78 bits per heavy atom. The van der Waals surface area contributed by atoms with Gasteiger partial charge in [0, 0.05) is 18.3 Å². The molecule has 1 aliphatic rings. The van der Waals surface area contributed by atoms with Crippen LogP contribution in [0.25, 0.3) is 0 Å². The van der Waals surface area contributed by atoms with Crippen LogP contribution in [0.1, 0.15) is 17.3 Å². The molecule has 2 N–H and O–H groups in total. The molecular formula is C24H23N3O5. The topological polar surface area (TPSA) is 89.1 Å². The number of carbonyl (C=O) groups excluding carboxylic acids is 2. The average molecular weight is 433 g/mol. The molecule has 3 aromatic carbocycles. The van der Waals surface area contributed by atoms with E-state index in [0.29, 0.717) is 52.2 Å². The van der Waals surface area contributed by atoms with Crippen molar-refractivity contribution in [3.8, 4) is 23.0 Å². The van der Waals surface area contributed by atoms with Crippen molar-refractivity contribution in [3.05, 3.63) is 66.2 Å². The van der Waals surface area contributed by atoms with Crippen LogP contribution in [0, 0.1) is 0 Å². The molecule has 0 spiro atoms. The third-order valence-electron chi connectivity index (χ3n) is 5.06. The monoisotopic (exact) mass is 433 g/mol. The van der Waals surface area contributed by atoms with Crippen molar-refractivity contribution in [2.45, 2.75) is 6.92 Å². The van der Waals surface area contributed by atoms with Gasteiger partial charge in [-0.2, -0.15) is 0 Å². The van der Waals surface area contributed by atoms with Gasteiger partial charge in [-0.25, -0.2) is 4.79 Å². The molecule has 3 amide bonds. The zero-order chi connectivity index (χ0) is 22.7. The number of nitrogens with one attached hydrogen (secondary N) is 2. The van der Waals surface area contributed by atoms with Gasteiger partial charge in [0.05, 0.1) is 31.2 Å². The highest BCUT2D eigenvalue weighted by molar-refractivity contribution is 6.11. The van der Waals surface area contributed by atoms with Crippen LogP contribution >= 0.6 is 0 Å². The van der Waals surface area contributed by atoms with Gasteiger partial charge in [-0.15, -0.1) is 0 Å². The van der Waals surface area contributed by atoms with E-state index in [9.17, 15) is 9.59 Å². The lowest BCUT2D eigenvalue weighted by Crippen LogP contribution is -2.30. The van der Waals surface area contributed by atoms with Gasteiger partial charge in [0.15, 0.2) is 5.75 Å². The number of urea groups is 1. The molecule has 32 heavy (non-hydrogen) atoms. The number of hydrogen-bond donors (Lipinski definition) is 2. The van der Waals surface area contributed by atoms with Gasteiger partial charge >= 0.3 is 6.03 Å². The Morgan fingerprint density at radius 1 is 0.969 bits per heavy atom. The molecule has 0 saturated heterocycles. The largest absolute Gasteiger partial charge is 0.497 e. The summed E-state index contributed by atoms with van der Waals surface area (Å²) in [4.78, 5) is 27.4. The van der Waals surface area contributed by atoms with Crippen molar-refractivity contribution in [3.63, 3.8) is 0 Å². The van der Waals surface area contributed by atoms with Crippen molar-refractivity contribution in [2.24, 2.45) is 0 Å². The van der Waals surface area contributed by atoms with Gasteiger partial charge < -0.3 is 29.7 Å². The highest BCUT2D eigenvalue weighted by atomic mass is 16.5. The smallest absolute Gasteiger partial charge is 0.323 e. The SMILES string of the molecule is CCN1C(=O)c2cc(NC(=O)Nc3ccc(OC)cc3OC)ccc2Oc2ccccc21. The lowest BCUT2D eigenvalue weighted by atomic mass is 10.1. The Morgan fingerprint density at radius 3 is 2.53 bits per heavy atom. The van der Waals surface area contributed by atoms with Crippen LogP contribution in [-0.4, -0.2) is 32.7 Å². The van der Waals surface area contributed by atoms with Crippen LogP contribution in [0.2, 0.25) is 0 Å². The van der Waals surface area contributed by atoms with Gasteiger partial charge in [-0.1, -0.05) is 12.1 Å². The van der Waals surface area contributed by atoms with Gasteiger partial charge in [0.1, 0.15) is 17.2 Å². The number of ether oxygens (including phenoxy) is 3. The number of fused-ring (bicyclic) bond motifs is 2. The molecule has 0 unspecified atom stereocenters. The number of hydrogen-bond acceptors (Lipinski definition) is 5. The summed E-state index contributed by atoms with van der Waals surface area (Å²) < 4.78 is 16.5. The number of nitrogens with zero attached hydrogens (tertiary/aromatic N) is 1. The molecule has 8 nitrogen and oxygen atoms in total. The lowest BCUT2D eigenvalue weighted by molar-refractivity contribution is 0.0988. The van der Waals surface area contributed by atoms with Gasteiger partial charge in [0.25, 0.3) is 5.91 Å². The summed E-state index contributed by atoms with van der Waals surface area (Å²) in [6.07, 6.45) is 0. The van der Waals surface area contributed by atoms with E-state index in [0.717, 1.165) is 0 Å². The Hall–Kier alpha value is -4.20. The van der Waals surface area contributed by atoms with Crippen molar-refractivity contribution >= 4 is 29.0 Å². The molecule has 4 rings (SSSR count). The standard InChI is InChI=1S/C24H23N3O5/c1-4-27-19-7-5-6-8-21(19)32-20-12-9-15(13-17(20)23(27)28)25-24(29)26-18-11-10-16(30-2)14-22(18)31-3/h5-14H,4H2,1-3H3,(H2,25,26,29). The molecule has 0 radical (unpaired) electrons. The minimum Gasteiger partial charge on any atom is -0.497 e. The zero-order valence-electron chi connectivity index (χ0n) is 18.0. The van der Waals surface area contributed by atoms with Crippen molar-refractivity contribution in [2.75, 3.05) is 36.3 Å². The zero-order valence-corrected chi connectivity index (χ0v) is 18.0. The Balaban J connectivity index is 1.57. The maximum atomic E-state index is 13.2. The highest BCUT2D eigenvalue weighted by Crippen LogP contribution is 2.39. The summed E-state index contributed by atoms with van der Waals surface area (Å²) in [7, 11) is 3.06. The molecule has 1 aliphatic heterocycles. The van der Waals surface area contributed by atoms with Gasteiger partial charge in [-0.3, -0.25) is 4.79 Å². The van der Waals surface area contributed by atoms with Crippen molar-refractivity contribution in [1.29, 1.82) is 0 Å². The minimum atomic E-state index is -0.481. The van der Waals surface area contributed by atoms with E-state index in [1.165, 1.54) is 7.11 Å². The first-order valence-electron chi connectivity index (χ1n) is 10.1. The molecule has 0 fully saturated rings. The number of anilines is 3. The van der Waals surface area contributed by atoms with Crippen LogP contribution in [0.15, 0.2) is 60.7 Å². The van der Waals surface area contributed by atoms with Crippen molar-refractivity contribution in [1.82, 2.24) is 0 Å². The molecule has 1 heterocycles. The predicted octanol–water partition coefficient (Wildman–Crippen LogP) is 5.12. The first-order valence-corrected chi connectivity index (χ1v) is 10.1. The van der Waals surface area contributed by atoms with Crippen LogP contribution < -0.4 is 29.7 Å². The van der Waals surface area contributed by atoms with E-state index in [1.54, 1.807) is 48.4 Å². The molecule has 164 valence electrons. The number of para-hydroxylation sites is 2. The second-order valence-corrected chi connectivity index (χ2v) is 6.98. The summed E-state index contributed by atoms with van der Waals surface area (Å²) >= 11 is 0. The van der Waals surface area contributed by atoms with Crippen LogP contribution in [0.5, 0.6) is 23.0 Å². The Labute approximate surface area is 185 Å². The van der Waals surface area contributed by atoms with E-state index < -0.39 is 6.03 Å². The van der Waals surface area contributed by atoms with Gasteiger partial charge in [-0.05, 0) is 49.4 Å². The number of methoxy groups -OCH3 is 2. The van der Waals surface area contributed by atoms with Crippen molar-refractivity contribution < 1.29 is 23.8 Å². The Bertz CT molecular complexity index is 1180. The summed E-state index contributed by atoms with van der Waals surface area (Å²) in [5.41, 5.74) is 2.00. The fourth-order valence-electron chi connectivity index (χ4n) is 3.50. The number of amides is 3. The fourth-order valence-corrected chi connectivity index (χ4v) is 3.50. The van der Waals surface area contributed by atoms with Crippen LogP contribution in [-0.2, 0) is 0 Å². The normalized spacial score (nSPS) is 12.1. The number of benzene rings is 3. The second kappa shape index (κ2) is 8.89. The van der Waals surface area contributed by atoms with Crippen LogP contribution in [0.4, 0.5) is 21.9 Å². The molecule has 0 saturated carbocycles. The summed E-state index contributed by atoms with van der Waals surface area (Å²) in [6.45, 7) is 2.38. The quantitative estimate of drug-likeness (QED) is 0.583. The number of rotatable bonds is 5. The first kappa shape index (κ1) is 21.0. The molecule has 0 aromatic heterocycles. The number of carbonyl (C=O) groups is 2. The molecule has 0 atom stereocenters. The van der Waals surface area contributed by atoms with E-state index >= 15 is 0 Å². The Kier molecular flexibility index (Phi) is 5.85. The summed E-state index contributed by atoms with van der Waals surface area (Å²) in [5, 5.41) is 5.49. The summed E-state index contributed by atoms with van der Waals surface area (Å²) in [6, 6.07) is 16.9. The molecular weight excluding hydrogens is 410 g/mol. The molecule has 0 bridgehead atoms. The molecule has 0 aliphatic carbocycles. The maximum Gasteiger partial charge on any atom is 0.323 e. The van der Waals surface area contributed by atoms with Crippen LogP contribution in [0.3, 0.4) is 0 Å². The van der Waals surface area contributed by atoms with Gasteiger partial charge in [0.2, 0.25) is 0 Å². The summed E-state index contributed by atoms with van der Waals surface area (Å²) in [5.74, 6) is 1.90. The average Bonchev–Trinajstić information content (AvgIpc) is 2.92. The first-order chi connectivity index (χ1) is 15.5. The second-order valence-electron chi connectivity index (χ2n) is 6.98. The van der Waals surface area contributed by atoms with E-state index in [1.807, 2.05) is 31.2 Å².